The lowest BCUT2D eigenvalue weighted by atomic mass is 10.1. The SMILES string of the molecule is Cc1ccc(F)c(-n2cnc3cc(C(=O)O)ccc32)c1F. The smallest absolute Gasteiger partial charge is 0.335 e. The number of aryl methyl sites for hydroxylation is 1. The highest BCUT2D eigenvalue weighted by Gasteiger charge is 2.16. The van der Waals surface area contributed by atoms with Gasteiger partial charge in [-0.25, -0.2) is 18.6 Å². The zero-order valence-corrected chi connectivity index (χ0v) is 11.0. The molecule has 21 heavy (non-hydrogen) atoms. The molecule has 0 bridgehead atoms. The Morgan fingerprint density at radius 2 is 2.00 bits per heavy atom. The maximum atomic E-state index is 14.2. The summed E-state index contributed by atoms with van der Waals surface area (Å²) in [5.74, 6) is -2.46. The fraction of sp³-hybridized carbons (Fsp3) is 0.0667. The van der Waals surface area contributed by atoms with Crippen molar-refractivity contribution in [3.05, 3.63) is 59.4 Å². The molecule has 0 saturated heterocycles. The third-order valence-corrected chi connectivity index (χ3v) is 3.30. The van der Waals surface area contributed by atoms with E-state index in [4.69, 9.17) is 5.11 Å². The second kappa shape index (κ2) is 4.66. The van der Waals surface area contributed by atoms with Crippen LogP contribution in [0.2, 0.25) is 0 Å². The minimum Gasteiger partial charge on any atom is -0.478 e. The Balaban J connectivity index is 2.27. The van der Waals surface area contributed by atoms with Gasteiger partial charge in [0.25, 0.3) is 0 Å². The molecule has 0 fully saturated rings. The van der Waals surface area contributed by atoms with E-state index in [0.29, 0.717) is 16.6 Å². The molecular formula is C15H10F2N2O2. The first kappa shape index (κ1) is 13.2. The van der Waals surface area contributed by atoms with Crippen molar-refractivity contribution >= 4 is 17.0 Å². The van der Waals surface area contributed by atoms with Gasteiger partial charge in [-0.2, -0.15) is 0 Å². The monoisotopic (exact) mass is 288 g/mol. The first-order chi connectivity index (χ1) is 9.99. The van der Waals surface area contributed by atoms with E-state index in [1.807, 2.05) is 0 Å². The standard InChI is InChI=1S/C15H10F2N2O2/c1-8-2-4-10(16)14(13(8)17)19-7-18-11-6-9(15(20)21)3-5-12(11)19/h2-7H,1H3,(H,20,21). The molecule has 0 atom stereocenters. The van der Waals surface area contributed by atoms with Crippen LogP contribution in [0.5, 0.6) is 0 Å². The van der Waals surface area contributed by atoms with E-state index >= 15 is 0 Å². The molecule has 0 unspecified atom stereocenters. The van der Waals surface area contributed by atoms with Gasteiger partial charge in [-0.3, -0.25) is 4.57 Å². The lowest BCUT2D eigenvalue weighted by Gasteiger charge is -2.09. The van der Waals surface area contributed by atoms with Gasteiger partial charge in [-0.15, -0.1) is 0 Å². The van der Waals surface area contributed by atoms with E-state index in [0.717, 1.165) is 0 Å². The van der Waals surface area contributed by atoms with Gasteiger partial charge in [0.2, 0.25) is 0 Å². The zero-order chi connectivity index (χ0) is 15.1. The van der Waals surface area contributed by atoms with Gasteiger partial charge in [0, 0.05) is 0 Å². The lowest BCUT2D eigenvalue weighted by molar-refractivity contribution is 0.0697. The summed E-state index contributed by atoms with van der Waals surface area (Å²) in [6.07, 6.45) is 1.28. The van der Waals surface area contributed by atoms with Crippen molar-refractivity contribution in [2.75, 3.05) is 0 Å². The third-order valence-electron chi connectivity index (χ3n) is 3.30. The molecule has 0 aliphatic carbocycles. The number of imidazole rings is 1. The fourth-order valence-corrected chi connectivity index (χ4v) is 2.19. The summed E-state index contributed by atoms with van der Waals surface area (Å²) in [5, 5.41) is 8.94. The summed E-state index contributed by atoms with van der Waals surface area (Å²) >= 11 is 0. The second-order valence-electron chi connectivity index (χ2n) is 4.65. The van der Waals surface area contributed by atoms with Gasteiger partial charge in [-0.05, 0) is 36.8 Å². The van der Waals surface area contributed by atoms with Crippen molar-refractivity contribution in [1.82, 2.24) is 9.55 Å². The number of hydrogen-bond acceptors (Lipinski definition) is 2. The van der Waals surface area contributed by atoms with Gasteiger partial charge in [0.1, 0.15) is 17.8 Å². The molecule has 3 rings (SSSR count). The maximum absolute atomic E-state index is 14.2. The summed E-state index contributed by atoms with van der Waals surface area (Å²) in [7, 11) is 0. The number of nitrogens with zero attached hydrogens (tertiary/aromatic N) is 2. The number of aromatic nitrogens is 2. The molecule has 6 heteroatoms. The molecular weight excluding hydrogens is 278 g/mol. The molecule has 0 aliphatic heterocycles. The van der Waals surface area contributed by atoms with Crippen LogP contribution in [-0.2, 0) is 0 Å². The van der Waals surface area contributed by atoms with Crippen LogP contribution in [0.1, 0.15) is 15.9 Å². The highest BCUT2D eigenvalue weighted by molar-refractivity contribution is 5.92. The Morgan fingerprint density at radius 3 is 2.71 bits per heavy atom. The van der Waals surface area contributed by atoms with Gasteiger partial charge in [0.05, 0.1) is 16.6 Å². The molecule has 1 aromatic heterocycles. The molecule has 0 spiro atoms. The maximum Gasteiger partial charge on any atom is 0.335 e. The highest BCUT2D eigenvalue weighted by atomic mass is 19.1. The topological polar surface area (TPSA) is 55.1 Å². The lowest BCUT2D eigenvalue weighted by Crippen LogP contribution is -2.02. The predicted molar refractivity (Wildman–Crippen MR) is 72.7 cm³/mol. The summed E-state index contributed by atoms with van der Waals surface area (Å²) in [6, 6.07) is 6.75. The largest absolute Gasteiger partial charge is 0.478 e. The molecule has 1 N–H and O–H groups in total. The van der Waals surface area contributed by atoms with Crippen LogP contribution in [-0.4, -0.2) is 20.6 Å². The van der Waals surface area contributed by atoms with E-state index < -0.39 is 17.6 Å². The molecule has 0 amide bonds. The van der Waals surface area contributed by atoms with E-state index in [-0.39, 0.29) is 11.3 Å². The Hall–Kier alpha value is -2.76. The zero-order valence-electron chi connectivity index (χ0n) is 11.0. The summed E-state index contributed by atoms with van der Waals surface area (Å²) in [6.45, 7) is 1.54. The van der Waals surface area contributed by atoms with Crippen LogP contribution in [0.25, 0.3) is 16.7 Å². The number of carboxylic acids is 1. The minimum atomic E-state index is -1.08. The van der Waals surface area contributed by atoms with Crippen molar-refractivity contribution < 1.29 is 18.7 Å². The van der Waals surface area contributed by atoms with Crippen LogP contribution in [0.15, 0.2) is 36.7 Å². The van der Waals surface area contributed by atoms with Crippen LogP contribution in [0.4, 0.5) is 8.78 Å². The Morgan fingerprint density at radius 1 is 1.24 bits per heavy atom. The molecule has 0 radical (unpaired) electrons. The van der Waals surface area contributed by atoms with Gasteiger partial charge < -0.3 is 5.11 Å². The number of rotatable bonds is 2. The Kier molecular flexibility index (Phi) is 2.94. The summed E-state index contributed by atoms with van der Waals surface area (Å²) in [5.41, 5.74) is 0.951. The van der Waals surface area contributed by atoms with Crippen LogP contribution in [0.3, 0.4) is 0 Å². The highest BCUT2D eigenvalue weighted by Crippen LogP contribution is 2.25. The molecule has 4 nitrogen and oxygen atoms in total. The number of carboxylic acid groups (broad SMARTS) is 1. The number of halogens is 2. The molecule has 3 aromatic rings. The molecule has 0 saturated carbocycles. The van der Waals surface area contributed by atoms with Crippen LogP contribution >= 0.6 is 0 Å². The van der Waals surface area contributed by atoms with Gasteiger partial charge in [-0.1, -0.05) is 6.07 Å². The van der Waals surface area contributed by atoms with Crippen molar-refractivity contribution in [1.29, 1.82) is 0 Å². The third kappa shape index (κ3) is 2.05. The van der Waals surface area contributed by atoms with E-state index in [9.17, 15) is 13.6 Å². The van der Waals surface area contributed by atoms with E-state index in [1.54, 1.807) is 6.92 Å². The first-order valence-corrected chi connectivity index (χ1v) is 6.14. The van der Waals surface area contributed by atoms with Crippen LogP contribution < -0.4 is 0 Å². The average Bonchev–Trinajstić information content (AvgIpc) is 2.86. The molecule has 106 valence electrons. The molecule has 1 heterocycles. The number of carbonyl (C=O) groups is 1. The Bertz CT molecular complexity index is 871. The van der Waals surface area contributed by atoms with E-state index in [1.165, 1.54) is 41.2 Å². The van der Waals surface area contributed by atoms with Crippen LogP contribution in [0, 0.1) is 18.6 Å². The predicted octanol–water partition coefficient (Wildman–Crippen LogP) is 3.31. The average molecular weight is 288 g/mol. The molecule has 0 aliphatic rings. The number of fused-ring (bicyclic) bond motifs is 1. The summed E-state index contributed by atoms with van der Waals surface area (Å²) in [4.78, 5) is 14.9. The summed E-state index contributed by atoms with van der Waals surface area (Å²) < 4.78 is 29.4. The number of hydrogen-bond donors (Lipinski definition) is 1. The quantitative estimate of drug-likeness (QED) is 0.787. The van der Waals surface area contributed by atoms with Gasteiger partial charge in [0.15, 0.2) is 5.82 Å². The van der Waals surface area contributed by atoms with Crippen molar-refractivity contribution in [2.24, 2.45) is 0 Å². The van der Waals surface area contributed by atoms with Crippen molar-refractivity contribution in [2.45, 2.75) is 6.92 Å². The number of aromatic carboxylic acids is 1. The van der Waals surface area contributed by atoms with Gasteiger partial charge >= 0.3 is 5.97 Å². The van der Waals surface area contributed by atoms with Crippen molar-refractivity contribution in [3.8, 4) is 5.69 Å². The minimum absolute atomic E-state index is 0.0675. The Labute approximate surface area is 118 Å². The number of benzene rings is 2. The fourth-order valence-electron chi connectivity index (χ4n) is 2.19. The van der Waals surface area contributed by atoms with Crippen molar-refractivity contribution in [3.63, 3.8) is 0 Å². The second-order valence-corrected chi connectivity index (χ2v) is 4.65. The normalized spacial score (nSPS) is 11.0. The molecule has 2 aromatic carbocycles. The van der Waals surface area contributed by atoms with E-state index in [2.05, 4.69) is 4.98 Å². The first-order valence-electron chi connectivity index (χ1n) is 6.14.